The summed E-state index contributed by atoms with van der Waals surface area (Å²) in [6.07, 6.45) is 5.93. The second-order valence-electron chi connectivity index (χ2n) is 9.69. The third-order valence-electron chi connectivity index (χ3n) is 6.57. The zero-order valence-corrected chi connectivity index (χ0v) is 23.8. The number of aliphatic carboxylic acids is 2. The summed E-state index contributed by atoms with van der Waals surface area (Å²) >= 11 is 1.42. The fourth-order valence-corrected chi connectivity index (χ4v) is 4.78. The zero-order valence-electron chi connectivity index (χ0n) is 23.0. The van der Waals surface area contributed by atoms with E-state index in [4.69, 9.17) is 5.73 Å². The van der Waals surface area contributed by atoms with Gasteiger partial charge in [0.05, 0.1) is 12.4 Å². The van der Waals surface area contributed by atoms with E-state index in [9.17, 15) is 34.2 Å². The number of para-hydroxylation sites is 1. The second kappa shape index (κ2) is 15.6. The lowest BCUT2D eigenvalue weighted by Crippen LogP contribution is -2.58. The Balaban J connectivity index is 1.74. The van der Waals surface area contributed by atoms with Crippen LogP contribution < -0.4 is 21.7 Å². The molecule has 0 aliphatic heterocycles. The molecule has 9 N–H and O–H groups in total. The van der Waals surface area contributed by atoms with Crippen LogP contribution in [0.25, 0.3) is 10.9 Å². The minimum Gasteiger partial charge on any atom is -0.481 e. The molecule has 0 aliphatic rings. The van der Waals surface area contributed by atoms with Crippen molar-refractivity contribution in [3.63, 3.8) is 0 Å². The van der Waals surface area contributed by atoms with Gasteiger partial charge in [0.2, 0.25) is 17.7 Å². The maximum absolute atomic E-state index is 13.4. The third kappa shape index (κ3) is 9.34. The monoisotopic (exact) mass is 601 g/mol. The van der Waals surface area contributed by atoms with Crippen molar-refractivity contribution in [1.29, 1.82) is 0 Å². The molecule has 4 unspecified atom stereocenters. The molecule has 0 saturated heterocycles. The van der Waals surface area contributed by atoms with Crippen LogP contribution in [0.2, 0.25) is 0 Å². The first-order valence-electron chi connectivity index (χ1n) is 13.2. The minimum absolute atomic E-state index is 0.0634. The van der Waals surface area contributed by atoms with E-state index < -0.39 is 60.2 Å². The molecule has 42 heavy (non-hydrogen) atoms. The number of amides is 3. The van der Waals surface area contributed by atoms with E-state index in [2.05, 4.69) is 30.9 Å². The van der Waals surface area contributed by atoms with Crippen molar-refractivity contribution in [3.05, 3.63) is 54.2 Å². The van der Waals surface area contributed by atoms with Crippen LogP contribution in [0, 0.1) is 0 Å². The van der Waals surface area contributed by atoms with Crippen molar-refractivity contribution in [2.24, 2.45) is 5.73 Å². The number of rotatable bonds is 17. The molecule has 0 radical (unpaired) electrons. The van der Waals surface area contributed by atoms with Crippen LogP contribution in [0.5, 0.6) is 0 Å². The van der Waals surface area contributed by atoms with E-state index in [1.165, 1.54) is 24.3 Å². The van der Waals surface area contributed by atoms with Gasteiger partial charge in [-0.3, -0.25) is 19.2 Å². The summed E-state index contributed by atoms with van der Waals surface area (Å²) in [6, 6.07) is 2.67. The van der Waals surface area contributed by atoms with Gasteiger partial charge in [-0.05, 0) is 42.9 Å². The highest BCUT2D eigenvalue weighted by Crippen LogP contribution is 2.19. The van der Waals surface area contributed by atoms with Gasteiger partial charge in [0, 0.05) is 41.8 Å². The number of carbonyl (C=O) groups is 5. The summed E-state index contributed by atoms with van der Waals surface area (Å²) in [5, 5.41) is 27.2. The Hall–Kier alpha value is -4.37. The number of H-pyrrole nitrogens is 2. The van der Waals surface area contributed by atoms with E-state index in [0.29, 0.717) is 11.4 Å². The Morgan fingerprint density at radius 2 is 1.62 bits per heavy atom. The van der Waals surface area contributed by atoms with Crippen LogP contribution in [0.1, 0.15) is 30.5 Å². The van der Waals surface area contributed by atoms with Gasteiger partial charge in [-0.15, -0.1) is 0 Å². The number of nitrogens with two attached hydrogens (primary N) is 1. The van der Waals surface area contributed by atoms with Crippen molar-refractivity contribution in [2.75, 3.05) is 12.0 Å². The van der Waals surface area contributed by atoms with Crippen LogP contribution >= 0.6 is 11.8 Å². The first-order chi connectivity index (χ1) is 20.1. The Morgan fingerprint density at radius 3 is 2.29 bits per heavy atom. The normalized spacial score (nSPS) is 14.0. The maximum Gasteiger partial charge on any atom is 0.326 e. The first kappa shape index (κ1) is 32.1. The quantitative estimate of drug-likeness (QED) is 0.104. The van der Waals surface area contributed by atoms with Gasteiger partial charge in [-0.1, -0.05) is 18.2 Å². The SMILES string of the molecule is CSCCC(NC(=O)C(Cc1cnc[nH]1)NC(=O)C(CCC(=O)O)NC(=O)C(N)Cc1c[nH]c2ccccc12)C(=O)O. The van der Waals surface area contributed by atoms with E-state index >= 15 is 0 Å². The van der Waals surface area contributed by atoms with Crippen LogP contribution in [-0.2, 0) is 36.8 Å². The number of nitrogens with zero attached hydrogens (tertiary/aromatic N) is 1. The number of carbonyl (C=O) groups excluding carboxylic acids is 3. The standard InChI is InChI=1S/C27H35N7O7S/c1-42-9-8-21(27(40)41)33-26(39)22(11-16-13-29-14-31-16)34-25(38)20(6-7-23(35)36)32-24(37)18(28)10-15-12-30-19-5-3-2-4-17(15)19/h2-5,12-14,18,20-22,30H,6-11,28H2,1H3,(H,29,31)(H,32,37)(H,33,39)(H,34,38)(H,35,36)(H,40,41). The number of aromatic nitrogens is 3. The molecule has 0 bridgehead atoms. The summed E-state index contributed by atoms with van der Waals surface area (Å²) in [4.78, 5) is 72.3. The Labute approximate surface area is 245 Å². The van der Waals surface area contributed by atoms with Crippen molar-refractivity contribution in [2.45, 2.75) is 56.3 Å². The van der Waals surface area contributed by atoms with E-state index in [0.717, 1.165) is 16.5 Å². The van der Waals surface area contributed by atoms with Gasteiger partial charge in [-0.25, -0.2) is 9.78 Å². The highest BCUT2D eigenvalue weighted by molar-refractivity contribution is 7.98. The molecule has 226 valence electrons. The number of carboxylic acids is 2. The highest BCUT2D eigenvalue weighted by Gasteiger charge is 2.31. The third-order valence-corrected chi connectivity index (χ3v) is 7.21. The molecule has 15 heteroatoms. The Morgan fingerprint density at radius 1 is 0.929 bits per heavy atom. The van der Waals surface area contributed by atoms with Crippen LogP contribution in [-0.4, -0.2) is 91.0 Å². The van der Waals surface area contributed by atoms with E-state index in [1.807, 2.05) is 24.3 Å². The van der Waals surface area contributed by atoms with Crippen LogP contribution in [0.3, 0.4) is 0 Å². The number of benzene rings is 1. The molecular weight excluding hydrogens is 566 g/mol. The lowest BCUT2D eigenvalue weighted by Gasteiger charge is -2.25. The average molecular weight is 602 g/mol. The smallest absolute Gasteiger partial charge is 0.326 e. The zero-order chi connectivity index (χ0) is 30.6. The topological polar surface area (TPSA) is 232 Å². The Bertz CT molecular complexity index is 1380. The van der Waals surface area contributed by atoms with Crippen LogP contribution in [0.15, 0.2) is 43.0 Å². The molecule has 3 aromatic rings. The number of hydrogen-bond donors (Lipinski definition) is 8. The molecule has 2 aromatic heterocycles. The summed E-state index contributed by atoms with van der Waals surface area (Å²) in [5.74, 6) is -4.18. The molecule has 0 aliphatic carbocycles. The summed E-state index contributed by atoms with van der Waals surface area (Å²) < 4.78 is 0. The van der Waals surface area contributed by atoms with Crippen molar-refractivity contribution in [3.8, 4) is 0 Å². The number of imidazole rings is 1. The van der Waals surface area contributed by atoms with Gasteiger partial charge in [0.1, 0.15) is 18.1 Å². The Kier molecular flexibility index (Phi) is 11.9. The molecule has 3 amide bonds. The summed E-state index contributed by atoms with van der Waals surface area (Å²) in [5.41, 5.74) is 8.32. The van der Waals surface area contributed by atoms with E-state index in [-0.39, 0.29) is 25.7 Å². The number of carboxylic acid groups (broad SMARTS) is 2. The molecule has 4 atom stereocenters. The number of fused-ring (bicyclic) bond motifs is 1. The average Bonchev–Trinajstić information content (AvgIpc) is 3.62. The fourth-order valence-electron chi connectivity index (χ4n) is 4.31. The minimum atomic E-state index is -1.33. The molecule has 0 spiro atoms. The number of hydrogen-bond acceptors (Lipinski definition) is 8. The van der Waals surface area contributed by atoms with Crippen molar-refractivity contribution >= 4 is 52.3 Å². The van der Waals surface area contributed by atoms with Gasteiger partial charge >= 0.3 is 11.9 Å². The molecule has 0 saturated carbocycles. The lowest BCUT2D eigenvalue weighted by molar-refractivity contribution is -0.142. The van der Waals surface area contributed by atoms with Crippen molar-refractivity contribution in [1.82, 2.24) is 30.9 Å². The number of thioether (sulfide) groups is 1. The van der Waals surface area contributed by atoms with Crippen molar-refractivity contribution < 1.29 is 34.2 Å². The second-order valence-corrected chi connectivity index (χ2v) is 10.7. The predicted molar refractivity (Wildman–Crippen MR) is 156 cm³/mol. The lowest BCUT2D eigenvalue weighted by atomic mass is 10.0. The molecule has 3 rings (SSSR count). The van der Waals surface area contributed by atoms with Gasteiger partial charge in [0.15, 0.2) is 0 Å². The number of nitrogens with one attached hydrogen (secondary N) is 5. The highest BCUT2D eigenvalue weighted by atomic mass is 32.2. The largest absolute Gasteiger partial charge is 0.481 e. The summed E-state index contributed by atoms with van der Waals surface area (Å²) in [6.45, 7) is 0. The molecule has 14 nitrogen and oxygen atoms in total. The molecule has 1 aromatic carbocycles. The fraction of sp³-hybridized carbons (Fsp3) is 0.407. The van der Waals surface area contributed by atoms with Crippen LogP contribution in [0.4, 0.5) is 0 Å². The van der Waals surface area contributed by atoms with Gasteiger partial charge in [0.25, 0.3) is 0 Å². The molecule has 2 heterocycles. The van der Waals surface area contributed by atoms with Gasteiger partial charge in [-0.2, -0.15) is 11.8 Å². The summed E-state index contributed by atoms with van der Waals surface area (Å²) in [7, 11) is 0. The van der Waals surface area contributed by atoms with Gasteiger partial charge < -0.3 is 41.9 Å². The van der Waals surface area contributed by atoms with E-state index in [1.54, 1.807) is 12.5 Å². The molecular formula is C27H35N7O7S. The number of aromatic amines is 2. The maximum atomic E-state index is 13.4. The first-order valence-corrected chi connectivity index (χ1v) is 14.6. The molecule has 0 fully saturated rings. The predicted octanol–water partition coefficient (Wildman–Crippen LogP) is 0.160.